The van der Waals surface area contributed by atoms with Gasteiger partial charge in [-0.15, -0.1) is 0 Å². The minimum atomic E-state index is -1.04. The summed E-state index contributed by atoms with van der Waals surface area (Å²) in [5, 5.41) is 11.8. The highest BCUT2D eigenvalue weighted by atomic mass is 79.9. The number of carboxylic acid groups (broad SMARTS) is 1. The molecule has 0 saturated heterocycles. The molecule has 0 bridgehead atoms. The summed E-state index contributed by atoms with van der Waals surface area (Å²) >= 11 is 6.48. The van der Waals surface area contributed by atoms with Gasteiger partial charge >= 0.3 is 5.97 Å². The highest BCUT2D eigenvalue weighted by molar-refractivity contribution is 9.11. The summed E-state index contributed by atoms with van der Waals surface area (Å²) < 4.78 is 6.39. The molecule has 1 aromatic carbocycles. The molecule has 1 rings (SSSR count). The molecule has 7 heteroatoms. The van der Waals surface area contributed by atoms with Crippen LogP contribution in [0.25, 0.3) is 0 Å². The van der Waals surface area contributed by atoms with Crippen LogP contribution >= 0.6 is 31.9 Å². The van der Waals surface area contributed by atoms with Gasteiger partial charge in [-0.25, -0.2) is 4.79 Å². The van der Waals surface area contributed by atoms with Gasteiger partial charge in [0.25, 0.3) is 5.91 Å². The van der Waals surface area contributed by atoms with Crippen molar-refractivity contribution in [3.63, 3.8) is 0 Å². The van der Waals surface area contributed by atoms with Gasteiger partial charge in [-0.05, 0) is 56.8 Å². The molecule has 0 aliphatic carbocycles. The number of carbonyl (C=O) groups is 2. The zero-order valence-corrected chi connectivity index (χ0v) is 15.1. The Kier molecular flexibility index (Phi) is 6.67. The quantitative estimate of drug-likeness (QED) is 0.736. The van der Waals surface area contributed by atoms with Gasteiger partial charge in [0, 0.05) is 6.04 Å². The van der Waals surface area contributed by atoms with E-state index in [1.54, 1.807) is 0 Å². The van der Waals surface area contributed by atoms with Crippen molar-refractivity contribution in [3.05, 3.63) is 26.6 Å². The van der Waals surface area contributed by atoms with Crippen LogP contribution in [0, 0.1) is 5.92 Å². The molecule has 1 amide bonds. The van der Waals surface area contributed by atoms with Gasteiger partial charge in [-0.2, -0.15) is 0 Å². The zero-order valence-electron chi connectivity index (χ0n) is 11.9. The Bertz CT molecular complexity index is 523. The van der Waals surface area contributed by atoms with E-state index in [4.69, 9.17) is 9.84 Å². The van der Waals surface area contributed by atoms with E-state index >= 15 is 0 Å². The Hall–Kier alpha value is -1.08. The van der Waals surface area contributed by atoms with Crippen LogP contribution < -0.4 is 10.1 Å². The average molecular weight is 423 g/mol. The van der Waals surface area contributed by atoms with Gasteiger partial charge in [0.2, 0.25) is 0 Å². The first-order valence-electron chi connectivity index (χ1n) is 6.36. The first-order chi connectivity index (χ1) is 9.72. The second-order valence-electron chi connectivity index (χ2n) is 4.96. The topological polar surface area (TPSA) is 75.6 Å². The van der Waals surface area contributed by atoms with Crippen LogP contribution in [0.1, 0.15) is 31.1 Å². The predicted molar refractivity (Wildman–Crippen MR) is 86.7 cm³/mol. The third-order valence-corrected chi connectivity index (χ3v) is 4.16. The third-order valence-electron chi connectivity index (χ3n) is 2.98. The van der Waals surface area contributed by atoms with Gasteiger partial charge in [0.1, 0.15) is 5.75 Å². The summed E-state index contributed by atoms with van der Waals surface area (Å²) in [5.41, 5.74) is 0.124. The van der Waals surface area contributed by atoms with Crippen LogP contribution in [0.4, 0.5) is 0 Å². The van der Waals surface area contributed by atoms with Crippen molar-refractivity contribution in [2.24, 2.45) is 5.92 Å². The van der Waals surface area contributed by atoms with Crippen molar-refractivity contribution in [3.8, 4) is 5.75 Å². The number of hydrogen-bond acceptors (Lipinski definition) is 3. The van der Waals surface area contributed by atoms with E-state index in [1.165, 1.54) is 12.1 Å². The maximum atomic E-state index is 11.8. The fourth-order valence-electron chi connectivity index (χ4n) is 1.42. The van der Waals surface area contributed by atoms with Crippen molar-refractivity contribution in [2.75, 3.05) is 6.61 Å². The average Bonchev–Trinajstić information content (AvgIpc) is 2.37. The van der Waals surface area contributed by atoms with Crippen molar-refractivity contribution in [2.45, 2.75) is 26.8 Å². The minimum absolute atomic E-state index is 0.0577. The molecular formula is C14H17Br2NO4. The minimum Gasteiger partial charge on any atom is -0.481 e. The summed E-state index contributed by atoms with van der Waals surface area (Å²) in [6.45, 7) is 5.82. The summed E-state index contributed by atoms with van der Waals surface area (Å²) in [5.74, 6) is -0.529. The van der Waals surface area contributed by atoms with Gasteiger partial charge < -0.3 is 15.2 Å². The Morgan fingerprint density at radius 1 is 1.24 bits per heavy atom. The van der Waals surface area contributed by atoms with Gasteiger partial charge in [-0.1, -0.05) is 13.8 Å². The molecule has 2 N–H and O–H groups in total. The van der Waals surface area contributed by atoms with E-state index in [0.29, 0.717) is 20.6 Å². The molecule has 0 radical (unpaired) electrons. The predicted octanol–water partition coefficient (Wildman–Crippen LogP) is 3.45. The second kappa shape index (κ2) is 7.79. The van der Waals surface area contributed by atoms with Crippen LogP contribution in [0.3, 0.4) is 0 Å². The molecule has 0 saturated carbocycles. The monoisotopic (exact) mass is 421 g/mol. The van der Waals surface area contributed by atoms with E-state index in [-0.39, 0.29) is 24.1 Å². The number of amides is 1. The number of benzene rings is 1. The number of halogens is 2. The van der Waals surface area contributed by atoms with E-state index in [2.05, 4.69) is 37.2 Å². The molecule has 21 heavy (non-hydrogen) atoms. The van der Waals surface area contributed by atoms with E-state index in [1.807, 2.05) is 20.8 Å². The Labute approximate surface area is 140 Å². The number of carbonyl (C=O) groups excluding carboxylic acids is 1. The largest absolute Gasteiger partial charge is 0.481 e. The van der Waals surface area contributed by atoms with Gasteiger partial charge in [-0.3, -0.25) is 4.79 Å². The van der Waals surface area contributed by atoms with E-state index < -0.39 is 5.97 Å². The molecular weight excluding hydrogens is 406 g/mol. The number of hydrogen-bond donors (Lipinski definition) is 2. The van der Waals surface area contributed by atoms with Crippen molar-refractivity contribution >= 4 is 43.7 Å². The Balaban J connectivity index is 2.72. The summed E-state index contributed by atoms with van der Waals surface area (Å²) in [4.78, 5) is 22.7. The van der Waals surface area contributed by atoms with Crippen molar-refractivity contribution in [1.29, 1.82) is 0 Å². The maximum absolute atomic E-state index is 11.8. The number of carboxylic acids is 1. The Morgan fingerprint density at radius 3 is 2.19 bits per heavy atom. The lowest BCUT2D eigenvalue weighted by molar-refractivity contribution is -0.124. The number of ether oxygens (including phenoxy) is 1. The molecule has 1 aromatic rings. The van der Waals surface area contributed by atoms with Crippen LogP contribution in [0.15, 0.2) is 21.1 Å². The fraction of sp³-hybridized carbons (Fsp3) is 0.429. The summed E-state index contributed by atoms with van der Waals surface area (Å²) in [7, 11) is 0. The number of aromatic carboxylic acids is 1. The van der Waals surface area contributed by atoms with Gasteiger partial charge in [0.15, 0.2) is 6.61 Å². The SMILES string of the molecule is CC(C)C(C)NC(=O)COc1c(Br)cc(C(=O)O)cc1Br. The Morgan fingerprint density at radius 2 is 1.76 bits per heavy atom. The standard InChI is InChI=1S/C14H17Br2NO4/c1-7(2)8(3)17-12(18)6-21-13-10(15)4-9(14(19)20)5-11(13)16/h4-5,7-8H,6H2,1-3H3,(H,17,18)(H,19,20). The van der Waals surface area contributed by atoms with Crippen LogP contribution in [-0.2, 0) is 4.79 Å². The van der Waals surface area contributed by atoms with Crippen LogP contribution in [0.2, 0.25) is 0 Å². The molecule has 116 valence electrons. The lowest BCUT2D eigenvalue weighted by atomic mass is 10.1. The third kappa shape index (κ3) is 5.32. The fourth-order valence-corrected chi connectivity index (χ4v) is 2.84. The molecule has 0 spiro atoms. The molecule has 0 aliphatic rings. The molecule has 1 atom stereocenters. The van der Waals surface area contributed by atoms with Gasteiger partial charge in [0.05, 0.1) is 14.5 Å². The lowest BCUT2D eigenvalue weighted by Crippen LogP contribution is -2.39. The molecule has 1 unspecified atom stereocenters. The highest BCUT2D eigenvalue weighted by Gasteiger charge is 2.15. The highest BCUT2D eigenvalue weighted by Crippen LogP contribution is 2.34. The zero-order chi connectivity index (χ0) is 16.2. The maximum Gasteiger partial charge on any atom is 0.335 e. The number of rotatable bonds is 6. The van der Waals surface area contributed by atoms with Crippen molar-refractivity contribution < 1.29 is 19.4 Å². The number of nitrogens with one attached hydrogen (secondary N) is 1. The molecule has 0 aromatic heterocycles. The first kappa shape index (κ1) is 18.0. The second-order valence-corrected chi connectivity index (χ2v) is 6.67. The normalized spacial score (nSPS) is 12.1. The smallest absolute Gasteiger partial charge is 0.335 e. The summed E-state index contributed by atoms with van der Waals surface area (Å²) in [6, 6.07) is 2.91. The van der Waals surface area contributed by atoms with E-state index in [9.17, 15) is 9.59 Å². The van der Waals surface area contributed by atoms with E-state index in [0.717, 1.165) is 0 Å². The van der Waals surface area contributed by atoms with Crippen molar-refractivity contribution in [1.82, 2.24) is 5.32 Å². The summed E-state index contributed by atoms with van der Waals surface area (Å²) in [6.07, 6.45) is 0. The molecule has 0 heterocycles. The molecule has 0 fully saturated rings. The molecule has 5 nitrogen and oxygen atoms in total. The lowest BCUT2D eigenvalue weighted by Gasteiger charge is -2.18. The molecule has 0 aliphatic heterocycles. The first-order valence-corrected chi connectivity index (χ1v) is 7.95. The van der Waals surface area contributed by atoms with Crippen LogP contribution in [0.5, 0.6) is 5.75 Å². The van der Waals surface area contributed by atoms with Crippen LogP contribution in [-0.4, -0.2) is 29.6 Å².